The average Bonchev–Trinajstić information content (AvgIpc) is 2.74. The van der Waals surface area contributed by atoms with E-state index in [4.69, 9.17) is 16.2 Å². The van der Waals surface area contributed by atoms with E-state index >= 15 is 0 Å². The first kappa shape index (κ1) is 21.9. The number of hydrogen-bond donors (Lipinski definition) is 2. The van der Waals surface area contributed by atoms with Crippen LogP contribution in [-0.2, 0) is 16.1 Å². The number of anilines is 1. The molecule has 2 saturated heterocycles. The molecule has 2 aliphatic heterocycles. The lowest BCUT2D eigenvalue weighted by Crippen LogP contribution is -2.39. The summed E-state index contributed by atoms with van der Waals surface area (Å²) in [5.74, 6) is -0.236. The van der Waals surface area contributed by atoms with Crippen molar-refractivity contribution in [3.8, 4) is 0 Å². The van der Waals surface area contributed by atoms with E-state index in [1.165, 1.54) is 6.42 Å². The van der Waals surface area contributed by atoms with E-state index in [1.807, 2.05) is 9.80 Å². The van der Waals surface area contributed by atoms with Gasteiger partial charge in [-0.3, -0.25) is 4.79 Å². The molecular weight excluding hydrogens is 389 g/mol. The average molecular weight is 420 g/mol. The van der Waals surface area contributed by atoms with E-state index in [2.05, 4.69) is 4.99 Å². The maximum Gasteiger partial charge on any atom is 0.437 e. The van der Waals surface area contributed by atoms with Crippen LogP contribution in [0, 0.1) is 11.7 Å². The summed E-state index contributed by atoms with van der Waals surface area (Å²) < 4.78 is 19.8. The number of nitrogens with zero attached hydrogens (tertiary/aromatic N) is 3. The second kappa shape index (κ2) is 10.3. The molecule has 1 aromatic rings. The summed E-state index contributed by atoms with van der Waals surface area (Å²) in [5.41, 5.74) is 11.0. The van der Waals surface area contributed by atoms with Crippen LogP contribution < -0.4 is 16.4 Å². The fraction of sp³-hybridized carbons (Fsp3) is 0.571. The molecule has 8 nitrogen and oxygen atoms in total. The Morgan fingerprint density at radius 3 is 2.47 bits per heavy atom. The third kappa shape index (κ3) is 5.84. The van der Waals surface area contributed by atoms with Gasteiger partial charge in [0.2, 0.25) is 5.91 Å². The standard InChI is InChI=1S/C21H30FN5O3/c22-19-16(14-30-21(29)25-20(23)24)5-4-6-17(19)26-11-7-15(8-12-26)13-18(28)27-9-2-1-3-10-27/h4-6,15H,1-3,7-14H2,(H4,23,24,25,29). The highest BCUT2D eigenvalue weighted by molar-refractivity contribution is 5.87. The second-order valence-corrected chi connectivity index (χ2v) is 7.92. The Morgan fingerprint density at radius 1 is 1.10 bits per heavy atom. The highest BCUT2D eigenvalue weighted by Crippen LogP contribution is 2.29. The van der Waals surface area contributed by atoms with Gasteiger partial charge in [-0.05, 0) is 44.1 Å². The van der Waals surface area contributed by atoms with Gasteiger partial charge in [-0.1, -0.05) is 12.1 Å². The Bertz CT molecular complexity index is 783. The number of guanidine groups is 1. The highest BCUT2D eigenvalue weighted by atomic mass is 19.1. The van der Waals surface area contributed by atoms with Gasteiger partial charge in [-0.2, -0.15) is 0 Å². The van der Waals surface area contributed by atoms with Crippen LogP contribution in [-0.4, -0.2) is 49.0 Å². The molecule has 0 radical (unpaired) electrons. The number of benzene rings is 1. The summed E-state index contributed by atoms with van der Waals surface area (Å²) in [6.07, 6.45) is 4.73. The summed E-state index contributed by atoms with van der Waals surface area (Å²) >= 11 is 0. The van der Waals surface area contributed by atoms with Crippen LogP contribution in [0.4, 0.5) is 14.9 Å². The zero-order valence-corrected chi connectivity index (χ0v) is 17.2. The smallest absolute Gasteiger partial charge is 0.437 e. The van der Waals surface area contributed by atoms with Gasteiger partial charge < -0.3 is 26.0 Å². The van der Waals surface area contributed by atoms with Crippen LogP contribution >= 0.6 is 0 Å². The maximum absolute atomic E-state index is 14.9. The molecule has 0 aliphatic carbocycles. The van der Waals surface area contributed by atoms with Gasteiger partial charge in [0.1, 0.15) is 6.61 Å². The Labute approximate surface area is 176 Å². The number of piperidine rings is 2. The number of aliphatic imine (C=N–C) groups is 1. The fourth-order valence-corrected chi connectivity index (χ4v) is 4.10. The molecule has 0 unspecified atom stereocenters. The van der Waals surface area contributed by atoms with Crippen molar-refractivity contribution < 1.29 is 18.7 Å². The molecule has 0 aromatic heterocycles. The van der Waals surface area contributed by atoms with Crippen molar-refractivity contribution in [2.45, 2.75) is 45.1 Å². The molecule has 2 fully saturated rings. The monoisotopic (exact) mass is 419 g/mol. The van der Waals surface area contributed by atoms with Gasteiger partial charge in [-0.15, -0.1) is 4.99 Å². The lowest BCUT2D eigenvalue weighted by atomic mass is 9.92. The number of likely N-dealkylation sites (tertiary alicyclic amines) is 1. The Balaban J connectivity index is 1.53. The van der Waals surface area contributed by atoms with E-state index in [-0.39, 0.29) is 18.1 Å². The van der Waals surface area contributed by atoms with Gasteiger partial charge in [0, 0.05) is 38.2 Å². The summed E-state index contributed by atoms with van der Waals surface area (Å²) in [7, 11) is 0. The van der Waals surface area contributed by atoms with E-state index < -0.39 is 17.9 Å². The topological polar surface area (TPSA) is 114 Å². The van der Waals surface area contributed by atoms with Crippen LogP contribution in [0.5, 0.6) is 0 Å². The lowest BCUT2D eigenvalue weighted by Gasteiger charge is -2.35. The number of ether oxygens (including phenoxy) is 1. The molecule has 0 bridgehead atoms. The van der Waals surface area contributed by atoms with Gasteiger partial charge >= 0.3 is 6.09 Å². The van der Waals surface area contributed by atoms with Crippen LogP contribution in [0.1, 0.15) is 44.1 Å². The van der Waals surface area contributed by atoms with Crippen LogP contribution in [0.25, 0.3) is 0 Å². The van der Waals surface area contributed by atoms with Crippen LogP contribution in [0.3, 0.4) is 0 Å². The molecule has 2 aliphatic rings. The SMILES string of the molecule is NC(N)=NC(=O)OCc1cccc(N2CCC(CC(=O)N3CCCCC3)CC2)c1F. The third-order valence-corrected chi connectivity index (χ3v) is 5.76. The van der Waals surface area contributed by atoms with Gasteiger partial charge in [0.25, 0.3) is 0 Å². The zero-order valence-electron chi connectivity index (χ0n) is 17.2. The highest BCUT2D eigenvalue weighted by Gasteiger charge is 2.26. The second-order valence-electron chi connectivity index (χ2n) is 7.92. The summed E-state index contributed by atoms with van der Waals surface area (Å²) in [6, 6.07) is 5.01. The molecule has 0 spiro atoms. The molecule has 3 rings (SSSR count). The van der Waals surface area contributed by atoms with Crippen molar-refractivity contribution >= 4 is 23.6 Å². The van der Waals surface area contributed by atoms with Gasteiger partial charge in [-0.25, -0.2) is 9.18 Å². The molecule has 30 heavy (non-hydrogen) atoms. The lowest BCUT2D eigenvalue weighted by molar-refractivity contribution is -0.133. The molecule has 2 amide bonds. The first-order chi connectivity index (χ1) is 14.4. The first-order valence-electron chi connectivity index (χ1n) is 10.5. The van der Waals surface area contributed by atoms with E-state index in [0.717, 1.165) is 38.8 Å². The van der Waals surface area contributed by atoms with Crippen molar-refractivity contribution in [2.75, 3.05) is 31.1 Å². The number of halogens is 1. The predicted octanol–water partition coefficient (Wildman–Crippen LogP) is 2.35. The van der Waals surface area contributed by atoms with Gasteiger partial charge in [0.15, 0.2) is 11.8 Å². The van der Waals surface area contributed by atoms with Crippen molar-refractivity contribution in [1.29, 1.82) is 0 Å². The number of rotatable bonds is 5. The maximum atomic E-state index is 14.9. The minimum absolute atomic E-state index is 0.254. The van der Waals surface area contributed by atoms with Crippen molar-refractivity contribution in [2.24, 2.45) is 22.4 Å². The minimum Gasteiger partial charge on any atom is -0.443 e. The summed E-state index contributed by atoms with van der Waals surface area (Å²) in [4.78, 5) is 31.1. The van der Waals surface area contributed by atoms with Crippen LogP contribution in [0.2, 0.25) is 0 Å². The zero-order chi connectivity index (χ0) is 21.5. The number of nitrogens with two attached hydrogens (primary N) is 2. The Hall–Kier alpha value is -2.84. The molecular formula is C21H30FN5O3. The number of amides is 2. The molecule has 1 aromatic carbocycles. The molecule has 2 heterocycles. The predicted molar refractivity (Wildman–Crippen MR) is 112 cm³/mol. The minimum atomic E-state index is -0.959. The molecule has 164 valence electrons. The van der Waals surface area contributed by atoms with Crippen molar-refractivity contribution in [3.63, 3.8) is 0 Å². The summed E-state index contributed by atoms with van der Waals surface area (Å²) in [5, 5.41) is 0. The molecule has 0 atom stereocenters. The van der Waals surface area contributed by atoms with E-state index in [0.29, 0.717) is 31.1 Å². The van der Waals surface area contributed by atoms with Crippen LogP contribution in [0.15, 0.2) is 23.2 Å². The first-order valence-corrected chi connectivity index (χ1v) is 10.5. The molecule has 9 heteroatoms. The molecule has 0 saturated carbocycles. The normalized spacial score (nSPS) is 17.5. The summed E-state index contributed by atoms with van der Waals surface area (Å²) in [6.45, 7) is 2.88. The molecule has 4 N–H and O–H groups in total. The van der Waals surface area contributed by atoms with E-state index in [1.54, 1.807) is 18.2 Å². The van der Waals surface area contributed by atoms with Gasteiger partial charge in [0.05, 0.1) is 5.69 Å². The van der Waals surface area contributed by atoms with Crippen molar-refractivity contribution in [1.82, 2.24) is 4.90 Å². The fourth-order valence-electron chi connectivity index (χ4n) is 4.10. The largest absolute Gasteiger partial charge is 0.443 e. The quantitative estimate of drug-likeness (QED) is 0.559. The Kier molecular flexibility index (Phi) is 7.48. The number of carbonyl (C=O) groups is 2. The third-order valence-electron chi connectivity index (χ3n) is 5.76. The van der Waals surface area contributed by atoms with Crippen molar-refractivity contribution in [3.05, 3.63) is 29.6 Å². The van der Waals surface area contributed by atoms with E-state index in [9.17, 15) is 14.0 Å². The number of hydrogen-bond acceptors (Lipinski definition) is 4. The number of carbonyl (C=O) groups excluding carboxylic acids is 2. The Morgan fingerprint density at radius 2 is 1.80 bits per heavy atom.